The van der Waals surface area contributed by atoms with Gasteiger partial charge in [0, 0.05) is 13.6 Å². The van der Waals surface area contributed by atoms with Gasteiger partial charge < -0.3 is 4.90 Å². The molecule has 0 unspecified atom stereocenters. The summed E-state index contributed by atoms with van der Waals surface area (Å²) < 4.78 is 0. The summed E-state index contributed by atoms with van der Waals surface area (Å²) in [6.07, 6.45) is 0. The lowest BCUT2D eigenvalue weighted by Crippen LogP contribution is -2.26. The number of carbonyl (C=O) groups is 1. The molecule has 3 nitrogen and oxygen atoms in total. The van der Waals surface area contributed by atoms with Gasteiger partial charge in [-0.3, -0.25) is 4.79 Å². The van der Waals surface area contributed by atoms with E-state index in [1.54, 1.807) is 43.4 Å². The molecule has 0 fully saturated rings. The molecular formula is C16H12Cl2N2O. The van der Waals surface area contributed by atoms with E-state index in [1.165, 1.54) is 4.90 Å². The van der Waals surface area contributed by atoms with E-state index in [0.717, 1.165) is 5.56 Å². The zero-order valence-electron chi connectivity index (χ0n) is 11.3. The summed E-state index contributed by atoms with van der Waals surface area (Å²) in [5.41, 5.74) is 1.72. The van der Waals surface area contributed by atoms with Crippen LogP contribution in [0.15, 0.2) is 42.5 Å². The summed E-state index contributed by atoms with van der Waals surface area (Å²) >= 11 is 12.1. The molecule has 5 heteroatoms. The highest BCUT2D eigenvalue weighted by Crippen LogP contribution is 2.25. The third-order valence-electron chi connectivity index (χ3n) is 3.00. The van der Waals surface area contributed by atoms with Crippen molar-refractivity contribution in [3.63, 3.8) is 0 Å². The van der Waals surface area contributed by atoms with Crippen LogP contribution in [0.2, 0.25) is 10.0 Å². The summed E-state index contributed by atoms with van der Waals surface area (Å²) in [7, 11) is 1.67. The van der Waals surface area contributed by atoms with Gasteiger partial charge in [-0.2, -0.15) is 5.26 Å². The first-order valence-corrected chi connectivity index (χ1v) is 6.97. The van der Waals surface area contributed by atoms with Gasteiger partial charge in [0.25, 0.3) is 5.91 Å². The van der Waals surface area contributed by atoms with E-state index in [0.29, 0.717) is 27.7 Å². The highest BCUT2D eigenvalue weighted by Gasteiger charge is 2.18. The van der Waals surface area contributed by atoms with Gasteiger partial charge in [0.1, 0.15) is 0 Å². The van der Waals surface area contributed by atoms with Gasteiger partial charge in [-0.05, 0) is 29.8 Å². The molecule has 0 aliphatic carbocycles. The number of benzene rings is 2. The van der Waals surface area contributed by atoms with E-state index in [4.69, 9.17) is 28.5 Å². The Hall–Kier alpha value is -2.02. The fraction of sp³-hybridized carbons (Fsp3) is 0.125. The van der Waals surface area contributed by atoms with E-state index in [9.17, 15) is 4.79 Å². The fourth-order valence-corrected chi connectivity index (χ4v) is 2.54. The van der Waals surface area contributed by atoms with Gasteiger partial charge >= 0.3 is 0 Å². The first-order chi connectivity index (χ1) is 10.0. The molecule has 0 radical (unpaired) electrons. The average molecular weight is 319 g/mol. The number of nitrogens with zero attached hydrogens (tertiary/aromatic N) is 2. The van der Waals surface area contributed by atoms with Gasteiger partial charge in [-0.15, -0.1) is 0 Å². The van der Waals surface area contributed by atoms with Crippen LogP contribution < -0.4 is 0 Å². The zero-order chi connectivity index (χ0) is 15.4. The van der Waals surface area contributed by atoms with Crippen molar-refractivity contribution in [3.05, 3.63) is 69.2 Å². The lowest BCUT2D eigenvalue weighted by atomic mass is 10.1. The topological polar surface area (TPSA) is 44.1 Å². The molecule has 0 aliphatic heterocycles. The van der Waals surface area contributed by atoms with Crippen LogP contribution >= 0.6 is 23.2 Å². The Morgan fingerprint density at radius 3 is 2.43 bits per heavy atom. The fourth-order valence-electron chi connectivity index (χ4n) is 1.98. The lowest BCUT2D eigenvalue weighted by molar-refractivity contribution is 0.0785. The number of amides is 1. The monoisotopic (exact) mass is 318 g/mol. The normalized spacial score (nSPS) is 10.0. The van der Waals surface area contributed by atoms with E-state index in [1.807, 2.05) is 6.07 Å². The number of hydrogen-bond acceptors (Lipinski definition) is 2. The quantitative estimate of drug-likeness (QED) is 0.853. The van der Waals surface area contributed by atoms with E-state index in [-0.39, 0.29) is 5.91 Å². The minimum absolute atomic E-state index is 0.257. The highest BCUT2D eigenvalue weighted by atomic mass is 35.5. The summed E-state index contributed by atoms with van der Waals surface area (Å²) in [4.78, 5) is 14.0. The zero-order valence-corrected chi connectivity index (χ0v) is 12.8. The number of nitriles is 1. The van der Waals surface area contributed by atoms with Crippen molar-refractivity contribution in [2.45, 2.75) is 6.54 Å². The van der Waals surface area contributed by atoms with Crippen LogP contribution in [0.1, 0.15) is 21.5 Å². The molecule has 0 atom stereocenters. The number of carbonyl (C=O) groups excluding carboxylic acids is 1. The lowest BCUT2D eigenvalue weighted by Gasteiger charge is -2.19. The second kappa shape index (κ2) is 6.62. The van der Waals surface area contributed by atoms with E-state index in [2.05, 4.69) is 6.07 Å². The molecule has 0 saturated carbocycles. The first kappa shape index (κ1) is 15.4. The number of halogens is 2. The largest absolute Gasteiger partial charge is 0.337 e. The molecule has 0 saturated heterocycles. The summed E-state index contributed by atoms with van der Waals surface area (Å²) in [6.45, 7) is 0.371. The molecule has 2 aromatic rings. The van der Waals surface area contributed by atoms with Crippen molar-refractivity contribution in [1.82, 2.24) is 4.90 Å². The molecule has 106 valence electrons. The first-order valence-electron chi connectivity index (χ1n) is 6.21. The Labute approximate surface area is 133 Å². The molecule has 2 rings (SSSR count). The SMILES string of the molecule is CN(Cc1cccc(C#N)c1)C(=O)c1c(Cl)cccc1Cl. The van der Waals surface area contributed by atoms with Crippen molar-refractivity contribution >= 4 is 29.1 Å². The van der Waals surface area contributed by atoms with Gasteiger partial charge in [0.2, 0.25) is 0 Å². The van der Waals surface area contributed by atoms with Crippen molar-refractivity contribution in [2.24, 2.45) is 0 Å². The Morgan fingerprint density at radius 1 is 1.19 bits per heavy atom. The number of hydrogen-bond donors (Lipinski definition) is 0. The smallest absolute Gasteiger partial charge is 0.256 e. The maximum absolute atomic E-state index is 12.4. The van der Waals surface area contributed by atoms with Crippen LogP contribution in [0.25, 0.3) is 0 Å². The summed E-state index contributed by atoms with van der Waals surface area (Å²) in [5, 5.41) is 9.54. The Kier molecular flexibility index (Phi) is 4.85. The third kappa shape index (κ3) is 3.55. The van der Waals surface area contributed by atoms with Crippen LogP contribution in [0, 0.1) is 11.3 Å². The second-order valence-corrected chi connectivity index (χ2v) is 5.38. The Balaban J connectivity index is 2.22. The molecule has 0 N–H and O–H groups in total. The number of rotatable bonds is 3. The minimum atomic E-state index is -0.257. The Bertz CT molecular complexity index is 702. The maximum atomic E-state index is 12.4. The standard InChI is InChI=1S/C16H12Cl2N2O/c1-20(10-12-5-2-4-11(8-12)9-19)16(21)15-13(17)6-3-7-14(15)18/h2-8H,10H2,1H3. The molecule has 0 spiro atoms. The van der Waals surface area contributed by atoms with Gasteiger partial charge in [0.15, 0.2) is 0 Å². The van der Waals surface area contributed by atoms with Gasteiger partial charge in [-0.1, -0.05) is 41.4 Å². The van der Waals surface area contributed by atoms with Crippen LogP contribution in [0.4, 0.5) is 0 Å². The van der Waals surface area contributed by atoms with Crippen molar-refractivity contribution < 1.29 is 4.79 Å². The molecule has 1 amide bonds. The third-order valence-corrected chi connectivity index (χ3v) is 3.63. The molecule has 21 heavy (non-hydrogen) atoms. The molecular weight excluding hydrogens is 307 g/mol. The molecule has 0 heterocycles. The van der Waals surface area contributed by atoms with Gasteiger partial charge in [-0.25, -0.2) is 0 Å². The summed E-state index contributed by atoms with van der Waals surface area (Å²) in [6, 6.07) is 14.1. The van der Waals surface area contributed by atoms with E-state index >= 15 is 0 Å². The molecule has 2 aromatic carbocycles. The predicted molar refractivity (Wildman–Crippen MR) is 83.4 cm³/mol. The van der Waals surface area contributed by atoms with Crippen LogP contribution in [0.3, 0.4) is 0 Å². The predicted octanol–water partition coefficient (Wildman–Crippen LogP) is 4.14. The van der Waals surface area contributed by atoms with Crippen molar-refractivity contribution in [3.8, 4) is 6.07 Å². The highest BCUT2D eigenvalue weighted by molar-refractivity contribution is 6.39. The van der Waals surface area contributed by atoms with Crippen LogP contribution in [-0.4, -0.2) is 17.9 Å². The maximum Gasteiger partial charge on any atom is 0.256 e. The minimum Gasteiger partial charge on any atom is -0.337 e. The van der Waals surface area contributed by atoms with Crippen LogP contribution in [-0.2, 0) is 6.54 Å². The molecule has 0 bridgehead atoms. The van der Waals surface area contributed by atoms with E-state index < -0.39 is 0 Å². The van der Waals surface area contributed by atoms with Crippen molar-refractivity contribution in [1.29, 1.82) is 5.26 Å². The second-order valence-electron chi connectivity index (χ2n) is 4.57. The van der Waals surface area contributed by atoms with Crippen molar-refractivity contribution in [2.75, 3.05) is 7.05 Å². The Morgan fingerprint density at radius 2 is 1.81 bits per heavy atom. The molecule has 0 aromatic heterocycles. The molecule has 0 aliphatic rings. The van der Waals surface area contributed by atoms with Gasteiger partial charge in [0.05, 0.1) is 27.2 Å². The van der Waals surface area contributed by atoms with Crippen LogP contribution in [0.5, 0.6) is 0 Å². The average Bonchev–Trinajstić information content (AvgIpc) is 2.47. The summed E-state index contributed by atoms with van der Waals surface area (Å²) in [5.74, 6) is -0.257.